The Morgan fingerprint density at radius 2 is 2.00 bits per heavy atom. The van der Waals surface area contributed by atoms with Gasteiger partial charge in [-0.2, -0.15) is 0 Å². The Morgan fingerprint density at radius 3 is 2.72 bits per heavy atom. The summed E-state index contributed by atoms with van der Waals surface area (Å²) in [5, 5.41) is 0.552. The molecule has 2 aromatic rings. The smallest absolute Gasteiger partial charge is 0.123 e. The lowest BCUT2D eigenvalue weighted by atomic mass is 10.1. The Balaban J connectivity index is 2.11. The maximum Gasteiger partial charge on any atom is 0.123 e. The molecule has 0 radical (unpaired) electrons. The zero-order valence-electron chi connectivity index (χ0n) is 9.91. The first kappa shape index (κ1) is 13.2. The summed E-state index contributed by atoms with van der Waals surface area (Å²) in [7, 11) is 0. The summed E-state index contributed by atoms with van der Waals surface area (Å²) in [6, 6.07) is 10.4. The van der Waals surface area contributed by atoms with Crippen molar-refractivity contribution in [3.05, 3.63) is 58.4 Å². The maximum absolute atomic E-state index is 13.1. The molecule has 0 bridgehead atoms. The van der Waals surface area contributed by atoms with Crippen LogP contribution >= 0.6 is 23.4 Å². The molecule has 0 atom stereocenters. The molecule has 4 heteroatoms. The second-order valence-electron chi connectivity index (χ2n) is 4.04. The number of nitrogen functional groups attached to an aromatic ring is 1. The monoisotopic (exact) mass is 281 g/mol. The van der Waals surface area contributed by atoms with Gasteiger partial charge in [0.05, 0.1) is 10.7 Å². The number of thioether (sulfide) groups is 1. The first-order valence-corrected chi connectivity index (χ1v) is 6.85. The van der Waals surface area contributed by atoms with Crippen LogP contribution in [0.2, 0.25) is 5.02 Å². The van der Waals surface area contributed by atoms with Crippen LogP contribution in [-0.4, -0.2) is 0 Å². The molecule has 0 fully saturated rings. The van der Waals surface area contributed by atoms with Crippen LogP contribution in [0, 0.1) is 12.7 Å². The molecular weight excluding hydrogens is 269 g/mol. The highest BCUT2D eigenvalue weighted by atomic mass is 35.5. The average molecular weight is 282 g/mol. The molecule has 94 valence electrons. The summed E-state index contributed by atoms with van der Waals surface area (Å²) in [5.74, 6) is 0.510. The van der Waals surface area contributed by atoms with Gasteiger partial charge in [-0.25, -0.2) is 4.39 Å². The minimum Gasteiger partial charge on any atom is -0.398 e. The summed E-state index contributed by atoms with van der Waals surface area (Å²) in [6.45, 7) is 1.98. The Morgan fingerprint density at radius 1 is 1.22 bits per heavy atom. The first-order valence-electron chi connectivity index (χ1n) is 5.49. The van der Waals surface area contributed by atoms with Gasteiger partial charge in [-0.05, 0) is 48.4 Å². The van der Waals surface area contributed by atoms with Crippen LogP contribution in [0.25, 0.3) is 0 Å². The fraction of sp³-hybridized carbons (Fsp3) is 0.143. The number of aryl methyl sites for hydroxylation is 1. The summed E-state index contributed by atoms with van der Waals surface area (Å²) < 4.78 is 13.1. The topological polar surface area (TPSA) is 26.0 Å². The molecule has 0 saturated heterocycles. The van der Waals surface area contributed by atoms with Crippen molar-refractivity contribution in [3.63, 3.8) is 0 Å². The van der Waals surface area contributed by atoms with Crippen molar-refractivity contribution in [1.29, 1.82) is 0 Å². The highest BCUT2D eigenvalue weighted by Gasteiger charge is 2.03. The van der Waals surface area contributed by atoms with Crippen molar-refractivity contribution in [2.45, 2.75) is 17.6 Å². The van der Waals surface area contributed by atoms with E-state index in [1.807, 2.05) is 19.1 Å². The lowest BCUT2D eigenvalue weighted by Crippen LogP contribution is -1.89. The van der Waals surface area contributed by atoms with Gasteiger partial charge in [0, 0.05) is 10.6 Å². The number of hydrogen-bond donors (Lipinski definition) is 1. The van der Waals surface area contributed by atoms with E-state index < -0.39 is 0 Å². The fourth-order valence-electron chi connectivity index (χ4n) is 1.55. The molecule has 0 amide bonds. The molecule has 0 aliphatic carbocycles. The molecule has 0 saturated carbocycles. The molecule has 0 spiro atoms. The zero-order chi connectivity index (χ0) is 13.1. The van der Waals surface area contributed by atoms with Gasteiger partial charge in [-0.1, -0.05) is 17.7 Å². The Bertz CT molecular complexity index is 572. The van der Waals surface area contributed by atoms with E-state index >= 15 is 0 Å². The van der Waals surface area contributed by atoms with Crippen LogP contribution in [0.4, 0.5) is 10.1 Å². The summed E-state index contributed by atoms with van der Waals surface area (Å²) in [6.07, 6.45) is 0. The molecule has 2 rings (SSSR count). The Kier molecular flexibility index (Phi) is 4.15. The molecular formula is C14H13ClFNS. The third kappa shape index (κ3) is 3.18. The summed E-state index contributed by atoms with van der Waals surface area (Å²) in [4.78, 5) is 1.03. The number of rotatable bonds is 3. The lowest BCUT2D eigenvalue weighted by molar-refractivity contribution is 0.626. The third-order valence-corrected chi connectivity index (χ3v) is 4.05. The van der Waals surface area contributed by atoms with Gasteiger partial charge in [0.2, 0.25) is 0 Å². The number of anilines is 1. The second-order valence-corrected chi connectivity index (χ2v) is 5.50. The molecule has 0 unspecified atom stereocenters. The van der Waals surface area contributed by atoms with Crippen molar-refractivity contribution >= 4 is 29.1 Å². The van der Waals surface area contributed by atoms with Crippen LogP contribution in [0.1, 0.15) is 11.1 Å². The molecule has 0 heterocycles. The Hall–Kier alpha value is -1.19. The largest absolute Gasteiger partial charge is 0.398 e. The highest BCUT2D eigenvalue weighted by molar-refractivity contribution is 7.98. The molecule has 0 aliphatic heterocycles. The number of nitrogens with two attached hydrogens (primary N) is 1. The van der Waals surface area contributed by atoms with Crippen LogP contribution < -0.4 is 5.73 Å². The maximum atomic E-state index is 13.1. The third-order valence-electron chi connectivity index (χ3n) is 2.68. The van der Waals surface area contributed by atoms with Gasteiger partial charge in [0.25, 0.3) is 0 Å². The minimum absolute atomic E-state index is 0.202. The number of hydrogen-bond acceptors (Lipinski definition) is 2. The predicted molar refractivity (Wildman–Crippen MR) is 76.6 cm³/mol. The van der Waals surface area contributed by atoms with Crippen LogP contribution in [0.15, 0.2) is 41.3 Å². The van der Waals surface area contributed by atoms with E-state index in [1.54, 1.807) is 30.0 Å². The molecule has 0 aliphatic rings. The predicted octanol–water partition coefficient (Wildman–Crippen LogP) is 4.66. The van der Waals surface area contributed by atoms with E-state index in [4.69, 9.17) is 17.3 Å². The Labute approximate surface area is 115 Å². The van der Waals surface area contributed by atoms with Crippen molar-refractivity contribution in [3.8, 4) is 0 Å². The van der Waals surface area contributed by atoms with Crippen LogP contribution in [0.5, 0.6) is 0 Å². The normalized spacial score (nSPS) is 10.6. The quantitative estimate of drug-likeness (QED) is 0.654. The van der Waals surface area contributed by atoms with E-state index in [1.165, 1.54) is 6.07 Å². The van der Waals surface area contributed by atoms with E-state index in [0.29, 0.717) is 16.5 Å². The number of halogens is 2. The van der Waals surface area contributed by atoms with Crippen molar-refractivity contribution < 1.29 is 4.39 Å². The summed E-state index contributed by atoms with van der Waals surface area (Å²) >= 11 is 7.57. The molecule has 2 N–H and O–H groups in total. The van der Waals surface area contributed by atoms with Crippen molar-refractivity contribution in [2.24, 2.45) is 0 Å². The van der Waals surface area contributed by atoms with Gasteiger partial charge in [-0.3, -0.25) is 0 Å². The standard InChI is InChI=1S/C14H13ClFNS/c1-9-2-3-11(16)6-10(9)8-18-12-4-5-14(17)13(15)7-12/h2-7H,8,17H2,1H3. The number of benzene rings is 2. The van der Waals surface area contributed by atoms with Gasteiger partial charge in [0.15, 0.2) is 0 Å². The summed E-state index contributed by atoms with van der Waals surface area (Å²) in [5.41, 5.74) is 8.30. The van der Waals surface area contributed by atoms with E-state index in [9.17, 15) is 4.39 Å². The first-order chi connectivity index (χ1) is 8.56. The van der Waals surface area contributed by atoms with Crippen LogP contribution in [-0.2, 0) is 5.75 Å². The van der Waals surface area contributed by atoms with Gasteiger partial charge >= 0.3 is 0 Å². The molecule has 0 aromatic heterocycles. The van der Waals surface area contributed by atoms with E-state index in [-0.39, 0.29) is 5.82 Å². The SMILES string of the molecule is Cc1ccc(F)cc1CSc1ccc(N)c(Cl)c1. The lowest BCUT2D eigenvalue weighted by Gasteiger charge is -2.07. The molecule has 1 nitrogen and oxygen atoms in total. The van der Waals surface area contributed by atoms with Gasteiger partial charge < -0.3 is 5.73 Å². The average Bonchev–Trinajstić information content (AvgIpc) is 2.34. The van der Waals surface area contributed by atoms with E-state index in [0.717, 1.165) is 16.0 Å². The molecule has 2 aromatic carbocycles. The highest BCUT2D eigenvalue weighted by Crippen LogP contribution is 2.29. The second kappa shape index (κ2) is 5.63. The van der Waals surface area contributed by atoms with Gasteiger partial charge in [-0.15, -0.1) is 11.8 Å². The zero-order valence-corrected chi connectivity index (χ0v) is 11.5. The van der Waals surface area contributed by atoms with Crippen molar-refractivity contribution in [1.82, 2.24) is 0 Å². The fourth-order valence-corrected chi connectivity index (χ4v) is 2.80. The van der Waals surface area contributed by atoms with Crippen molar-refractivity contribution in [2.75, 3.05) is 5.73 Å². The van der Waals surface area contributed by atoms with E-state index in [2.05, 4.69) is 0 Å². The molecule has 18 heavy (non-hydrogen) atoms. The minimum atomic E-state index is -0.202. The van der Waals surface area contributed by atoms with Crippen LogP contribution in [0.3, 0.4) is 0 Å². The van der Waals surface area contributed by atoms with Gasteiger partial charge in [0.1, 0.15) is 5.82 Å².